The Labute approximate surface area is 184 Å². The lowest BCUT2D eigenvalue weighted by molar-refractivity contribution is -0.276. The molecule has 0 bridgehead atoms. The maximum absolute atomic E-state index is 14.8. The van der Waals surface area contributed by atoms with Crippen molar-refractivity contribution in [3.8, 4) is 5.75 Å². The minimum Gasteiger partial charge on any atom is -0.399 e. The molecule has 7 heteroatoms. The molecule has 2 saturated carbocycles. The Hall–Kier alpha value is -1.92. The van der Waals surface area contributed by atoms with Gasteiger partial charge >= 0.3 is 6.36 Å². The lowest BCUT2D eigenvalue weighted by Gasteiger charge is -2.42. The van der Waals surface area contributed by atoms with Gasteiger partial charge in [-0.1, -0.05) is 38.7 Å². The standard InChI is InChI=1S/C25H28F6O/c1-2-3-4-14-5-6-16-10-17(8-7-15(16)9-14)18-11-19-13-21(27)24(32-25(29,30)31)23(28)22(19)20(26)12-18/h11-17H,2-10H2,1H3/t14-,15?,16-,17?/m1/s1. The van der Waals surface area contributed by atoms with Crippen LogP contribution in [0.3, 0.4) is 0 Å². The van der Waals surface area contributed by atoms with Crippen molar-refractivity contribution in [1.82, 2.24) is 0 Å². The summed E-state index contributed by atoms with van der Waals surface area (Å²) in [6, 6.07) is 3.43. The van der Waals surface area contributed by atoms with Crippen molar-refractivity contribution >= 4 is 10.8 Å². The summed E-state index contributed by atoms with van der Waals surface area (Å²) in [5.74, 6) is -3.66. The van der Waals surface area contributed by atoms with Crippen LogP contribution in [0, 0.1) is 35.2 Å². The zero-order chi connectivity index (χ0) is 23.0. The highest BCUT2D eigenvalue weighted by molar-refractivity contribution is 5.86. The number of hydrogen-bond acceptors (Lipinski definition) is 1. The summed E-state index contributed by atoms with van der Waals surface area (Å²) in [6.07, 6.45) is 4.97. The molecule has 2 fully saturated rings. The third-order valence-corrected chi connectivity index (χ3v) is 7.44. The number of hydrogen-bond donors (Lipinski definition) is 0. The fourth-order valence-corrected chi connectivity index (χ4v) is 5.90. The van der Waals surface area contributed by atoms with Crippen LogP contribution in [0.5, 0.6) is 5.75 Å². The van der Waals surface area contributed by atoms with Gasteiger partial charge in [-0.05, 0) is 78.9 Å². The number of rotatable bonds is 5. The van der Waals surface area contributed by atoms with Crippen LogP contribution in [-0.4, -0.2) is 6.36 Å². The average Bonchev–Trinajstić information content (AvgIpc) is 2.73. The maximum atomic E-state index is 14.8. The summed E-state index contributed by atoms with van der Waals surface area (Å²) >= 11 is 0. The molecule has 4 atom stereocenters. The summed E-state index contributed by atoms with van der Waals surface area (Å²) in [7, 11) is 0. The second-order valence-electron chi connectivity index (χ2n) is 9.50. The van der Waals surface area contributed by atoms with Gasteiger partial charge < -0.3 is 4.74 Å². The highest BCUT2D eigenvalue weighted by Crippen LogP contribution is 2.49. The van der Waals surface area contributed by atoms with Crippen LogP contribution in [0.1, 0.15) is 76.2 Å². The lowest BCUT2D eigenvalue weighted by atomic mass is 9.63. The van der Waals surface area contributed by atoms with E-state index < -0.39 is 34.9 Å². The minimum absolute atomic E-state index is 0.0829. The number of ether oxygens (including phenoxy) is 1. The number of unbranched alkanes of at least 4 members (excludes halogenated alkanes) is 1. The average molecular weight is 458 g/mol. The molecule has 0 heterocycles. The summed E-state index contributed by atoms with van der Waals surface area (Å²) in [5.41, 5.74) is 0.657. The van der Waals surface area contributed by atoms with Crippen LogP contribution in [0.25, 0.3) is 10.8 Å². The van der Waals surface area contributed by atoms with E-state index in [4.69, 9.17) is 0 Å². The van der Waals surface area contributed by atoms with E-state index in [0.717, 1.165) is 37.7 Å². The molecule has 0 N–H and O–H groups in total. The summed E-state index contributed by atoms with van der Waals surface area (Å²) in [6.45, 7) is 2.21. The van der Waals surface area contributed by atoms with Crippen molar-refractivity contribution in [2.75, 3.05) is 0 Å². The molecule has 32 heavy (non-hydrogen) atoms. The maximum Gasteiger partial charge on any atom is 0.573 e. The molecule has 0 aliphatic heterocycles. The highest BCUT2D eigenvalue weighted by Gasteiger charge is 2.37. The predicted octanol–water partition coefficient (Wildman–Crippen LogP) is 8.65. The van der Waals surface area contributed by atoms with E-state index in [-0.39, 0.29) is 11.3 Å². The quantitative estimate of drug-likeness (QED) is 0.408. The van der Waals surface area contributed by atoms with Gasteiger partial charge in [-0.25, -0.2) is 13.2 Å². The zero-order valence-corrected chi connectivity index (χ0v) is 18.1. The number of alkyl halides is 3. The molecule has 0 saturated heterocycles. The molecule has 2 unspecified atom stereocenters. The topological polar surface area (TPSA) is 9.23 Å². The fourth-order valence-electron chi connectivity index (χ4n) is 5.90. The Morgan fingerprint density at radius 2 is 1.62 bits per heavy atom. The Morgan fingerprint density at radius 1 is 0.906 bits per heavy atom. The number of halogens is 6. The predicted molar refractivity (Wildman–Crippen MR) is 111 cm³/mol. The van der Waals surface area contributed by atoms with Gasteiger partial charge in [0, 0.05) is 0 Å². The molecule has 2 aliphatic rings. The van der Waals surface area contributed by atoms with E-state index in [9.17, 15) is 26.3 Å². The van der Waals surface area contributed by atoms with Crippen LogP contribution >= 0.6 is 0 Å². The van der Waals surface area contributed by atoms with Crippen molar-refractivity contribution in [3.63, 3.8) is 0 Å². The molecule has 0 amide bonds. The van der Waals surface area contributed by atoms with Crippen molar-refractivity contribution in [3.05, 3.63) is 41.2 Å². The fraction of sp³-hybridized carbons (Fsp3) is 0.600. The first-order chi connectivity index (χ1) is 15.2. The van der Waals surface area contributed by atoms with E-state index in [2.05, 4.69) is 11.7 Å². The van der Waals surface area contributed by atoms with Gasteiger partial charge in [-0.2, -0.15) is 0 Å². The Kier molecular flexibility index (Phi) is 6.64. The zero-order valence-electron chi connectivity index (χ0n) is 18.1. The molecule has 176 valence electrons. The first-order valence-corrected chi connectivity index (χ1v) is 11.5. The second-order valence-corrected chi connectivity index (χ2v) is 9.50. The SMILES string of the molecule is CCCC[C@@H]1CC[C@@H]2CC(c3cc(F)c4c(F)c(OC(F)(F)F)c(F)cc4c3)CCC2C1. The normalized spacial score (nSPS) is 26.2. The molecule has 4 rings (SSSR count). The van der Waals surface area contributed by atoms with Gasteiger partial charge in [0.2, 0.25) is 5.75 Å². The summed E-state index contributed by atoms with van der Waals surface area (Å²) in [4.78, 5) is 0. The van der Waals surface area contributed by atoms with Crippen molar-refractivity contribution < 1.29 is 31.1 Å². The number of fused-ring (bicyclic) bond motifs is 2. The lowest BCUT2D eigenvalue weighted by Crippen LogP contribution is -2.30. The van der Waals surface area contributed by atoms with Gasteiger partial charge in [0.05, 0.1) is 5.39 Å². The van der Waals surface area contributed by atoms with Gasteiger partial charge in [0.25, 0.3) is 0 Å². The molecule has 2 aromatic carbocycles. The molecule has 1 nitrogen and oxygen atoms in total. The van der Waals surface area contributed by atoms with Crippen molar-refractivity contribution in [1.29, 1.82) is 0 Å². The van der Waals surface area contributed by atoms with Crippen molar-refractivity contribution in [2.45, 2.75) is 77.0 Å². The van der Waals surface area contributed by atoms with Gasteiger partial charge in [-0.15, -0.1) is 13.2 Å². The molecule has 2 aromatic rings. The summed E-state index contributed by atoms with van der Waals surface area (Å²) in [5, 5.41) is -0.769. The highest BCUT2D eigenvalue weighted by atomic mass is 19.4. The van der Waals surface area contributed by atoms with E-state index in [1.165, 1.54) is 44.2 Å². The minimum atomic E-state index is -5.28. The van der Waals surface area contributed by atoms with E-state index >= 15 is 0 Å². The monoisotopic (exact) mass is 458 g/mol. The molecular formula is C25H28F6O. The largest absolute Gasteiger partial charge is 0.573 e. The first kappa shape index (κ1) is 23.2. The van der Waals surface area contributed by atoms with Crippen molar-refractivity contribution in [2.24, 2.45) is 17.8 Å². The smallest absolute Gasteiger partial charge is 0.399 e. The third kappa shape index (κ3) is 4.86. The van der Waals surface area contributed by atoms with Crippen LogP contribution in [0.15, 0.2) is 18.2 Å². The second kappa shape index (κ2) is 9.14. The molecule has 2 aliphatic carbocycles. The molecule has 0 radical (unpaired) electrons. The molecular weight excluding hydrogens is 430 g/mol. The first-order valence-electron chi connectivity index (χ1n) is 11.5. The van der Waals surface area contributed by atoms with E-state index in [1.54, 1.807) is 0 Å². The van der Waals surface area contributed by atoms with Gasteiger partial charge in [-0.3, -0.25) is 0 Å². The number of benzene rings is 2. The summed E-state index contributed by atoms with van der Waals surface area (Å²) < 4.78 is 84.4. The van der Waals surface area contributed by atoms with Crippen LogP contribution < -0.4 is 4.74 Å². The third-order valence-electron chi connectivity index (χ3n) is 7.44. The van der Waals surface area contributed by atoms with Crippen LogP contribution in [-0.2, 0) is 0 Å². The molecule has 0 aromatic heterocycles. The van der Waals surface area contributed by atoms with Gasteiger partial charge in [0.15, 0.2) is 11.6 Å². The van der Waals surface area contributed by atoms with Gasteiger partial charge in [0.1, 0.15) is 5.82 Å². The Balaban J connectivity index is 1.55. The van der Waals surface area contributed by atoms with Crippen LogP contribution in [0.4, 0.5) is 26.3 Å². The molecule has 0 spiro atoms. The van der Waals surface area contributed by atoms with E-state index in [0.29, 0.717) is 17.4 Å². The van der Waals surface area contributed by atoms with Crippen LogP contribution in [0.2, 0.25) is 0 Å². The Bertz CT molecular complexity index is 969. The Morgan fingerprint density at radius 3 is 2.34 bits per heavy atom. The van der Waals surface area contributed by atoms with E-state index in [1.807, 2.05) is 0 Å².